The van der Waals surface area contributed by atoms with Gasteiger partial charge in [0, 0.05) is 26.1 Å². The number of hydrogen-bond acceptors (Lipinski definition) is 6. The number of rotatable bonds is 4. The molecular weight excluding hydrogens is 250 g/mol. The highest BCUT2D eigenvalue weighted by molar-refractivity contribution is 8.01. The maximum atomic E-state index is 11.2. The first-order chi connectivity index (χ1) is 6.63. The molecule has 0 saturated heterocycles. The van der Waals surface area contributed by atoms with Crippen LogP contribution < -0.4 is 5.32 Å². The molecule has 1 aromatic heterocycles. The number of thioether (sulfide) groups is 1. The van der Waals surface area contributed by atoms with Crippen LogP contribution in [0.2, 0.25) is 0 Å². The minimum atomic E-state index is -0.0255. The molecular formula is C8H13N3OS3. The van der Waals surface area contributed by atoms with Gasteiger partial charge in [0.05, 0.1) is 4.34 Å². The van der Waals surface area contributed by atoms with Gasteiger partial charge in [0.25, 0.3) is 0 Å². The Morgan fingerprint density at radius 2 is 2.33 bits per heavy atom. The Morgan fingerprint density at radius 1 is 1.67 bits per heavy atom. The fraction of sp³-hybridized carbons (Fsp3) is 0.500. The van der Waals surface area contributed by atoms with E-state index in [1.54, 1.807) is 7.05 Å². The molecule has 0 aliphatic carbocycles. The van der Waals surface area contributed by atoms with Gasteiger partial charge in [-0.1, -0.05) is 6.92 Å². The second kappa shape index (κ2) is 6.86. The summed E-state index contributed by atoms with van der Waals surface area (Å²) in [5, 5.41) is 10.2. The van der Waals surface area contributed by atoms with Gasteiger partial charge in [0.2, 0.25) is 5.91 Å². The molecule has 4 nitrogen and oxygen atoms in total. The number of nitrogens with one attached hydrogen (secondary N) is 1. The summed E-state index contributed by atoms with van der Waals surface area (Å²) in [7, 11) is 1.63. The summed E-state index contributed by atoms with van der Waals surface area (Å²) in [5.41, 5.74) is 0. The van der Waals surface area contributed by atoms with Gasteiger partial charge < -0.3 is 29.3 Å². The quantitative estimate of drug-likeness (QED) is 0.505. The lowest BCUT2D eigenvalue weighted by Gasteiger charge is -2.08. The van der Waals surface area contributed by atoms with Gasteiger partial charge in [0.15, 0.2) is 0 Å². The summed E-state index contributed by atoms with van der Waals surface area (Å²) >= 11 is 7.72. The molecule has 0 aromatic carbocycles. The van der Waals surface area contributed by atoms with Gasteiger partial charge >= 0.3 is 0 Å². The van der Waals surface area contributed by atoms with Crippen molar-refractivity contribution in [3.8, 4) is 0 Å². The molecule has 15 heavy (non-hydrogen) atoms. The molecule has 0 aliphatic heterocycles. The topological polar surface area (TPSA) is 54.9 Å². The number of carbonyl (C=O) groups excluding carboxylic acids is 1. The van der Waals surface area contributed by atoms with Crippen LogP contribution >= 0.6 is 23.1 Å². The van der Waals surface area contributed by atoms with Gasteiger partial charge in [-0.15, -0.1) is 11.8 Å². The van der Waals surface area contributed by atoms with Crippen molar-refractivity contribution in [2.45, 2.75) is 15.6 Å². The van der Waals surface area contributed by atoms with E-state index < -0.39 is 0 Å². The lowest BCUT2D eigenvalue weighted by atomic mass is 10.2. The molecule has 1 unspecified atom stereocenters. The van der Waals surface area contributed by atoms with Crippen molar-refractivity contribution in [3.63, 3.8) is 0 Å². The Bertz CT molecular complexity index is 316. The van der Waals surface area contributed by atoms with Crippen LogP contribution in [-0.2, 0) is 17.4 Å². The number of hydrogen-bond donors (Lipinski definition) is 1. The van der Waals surface area contributed by atoms with Crippen molar-refractivity contribution in [2.75, 3.05) is 12.8 Å². The first-order valence-electron chi connectivity index (χ1n) is 3.98. The second-order valence-corrected chi connectivity index (χ2v) is 5.55. The van der Waals surface area contributed by atoms with Crippen molar-refractivity contribution in [3.05, 3.63) is 7.43 Å². The van der Waals surface area contributed by atoms with Gasteiger partial charge in [-0.2, -0.15) is 10.2 Å². The zero-order valence-corrected chi connectivity index (χ0v) is 11.3. The minimum Gasteiger partial charge on any atom is -0.406 e. The van der Waals surface area contributed by atoms with Crippen molar-refractivity contribution < 1.29 is 4.79 Å². The Balaban J connectivity index is 0.00000196. The molecule has 1 N–H and O–H groups in total. The van der Waals surface area contributed by atoms with Crippen LogP contribution in [0.3, 0.4) is 0 Å². The van der Waals surface area contributed by atoms with E-state index in [0.717, 1.165) is 4.34 Å². The van der Waals surface area contributed by atoms with Crippen LogP contribution in [0, 0.1) is 13.3 Å². The van der Waals surface area contributed by atoms with E-state index in [-0.39, 0.29) is 19.3 Å². The van der Waals surface area contributed by atoms with Crippen molar-refractivity contribution in [1.82, 2.24) is 15.5 Å². The molecule has 0 spiro atoms. The molecule has 0 radical (unpaired) electrons. The Kier molecular flexibility index (Phi) is 6.62. The summed E-state index contributed by atoms with van der Waals surface area (Å²) in [6.45, 7) is 1.88. The number of aromatic nitrogens is 2. The lowest BCUT2D eigenvalue weighted by molar-refractivity contribution is -0.123. The molecule has 1 aromatic rings. The molecule has 0 saturated carbocycles. The van der Waals surface area contributed by atoms with E-state index in [2.05, 4.69) is 15.5 Å². The highest BCUT2D eigenvalue weighted by Crippen LogP contribution is 2.23. The van der Waals surface area contributed by atoms with E-state index in [1.807, 2.05) is 6.92 Å². The fourth-order valence-electron chi connectivity index (χ4n) is 0.774. The van der Waals surface area contributed by atoms with Crippen LogP contribution in [0.5, 0.6) is 0 Å². The fourth-order valence-corrected chi connectivity index (χ4v) is 2.84. The molecule has 1 amide bonds. The van der Waals surface area contributed by atoms with Crippen LogP contribution in [0.25, 0.3) is 0 Å². The van der Waals surface area contributed by atoms with Crippen molar-refractivity contribution >= 4 is 41.6 Å². The zero-order chi connectivity index (χ0) is 10.6. The molecule has 7 heteroatoms. The van der Waals surface area contributed by atoms with Crippen LogP contribution in [-0.4, -0.2) is 28.9 Å². The maximum Gasteiger partial charge on any atom is 0.223 e. The number of nitrogens with zero attached hydrogens (tertiary/aromatic N) is 2. The predicted octanol–water partition coefficient (Wildman–Crippen LogP) is 1.37. The van der Waals surface area contributed by atoms with Crippen LogP contribution in [0.1, 0.15) is 6.92 Å². The minimum absolute atomic E-state index is 0. The van der Waals surface area contributed by atoms with E-state index in [9.17, 15) is 4.79 Å². The largest absolute Gasteiger partial charge is 0.406 e. The summed E-state index contributed by atoms with van der Waals surface area (Å²) < 4.78 is 1.37. The van der Waals surface area contributed by atoms with E-state index in [4.69, 9.17) is 12.6 Å². The molecule has 84 valence electrons. The third-order valence-corrected chi connectivity index (χ3v) is 3.98. The second-order valence-electron chi connectivity index (χ2n) is 2.66. The van der Waals surface area contributed by atoms with Gasteiger partial charge in [0.1, 0.15) is 0 Å². The van der Waals surface area contributed by atoms with E-state index in [1.165, 1.54) is 23.1 Å². The number of amides is 1. The van der Waals surface area contributed by atoms with Crippen LogP contribution in [0.4, 0.5) is 0 Å². The third kappa shape index (κ3) is 4.67. The predicted molar refractivity (Wildman–Crippen MR) is 65.9 cm³/mol. The Labute approximate surface area is 104 Å². The molecule has 0 aliphatic rings. The van der Waals surface area contributed by atoms with E-state index >= 15 is 0 Å². The van der Waals surface area contributed by atoms with Crippen LogP contribution in [0.15, 0.2) is 8.68 Å². The van der Waals surface area contributed by atoms with Gasteiger partial charge in [-0.3, -0.25) is 4.79 Å². The first-order valence-corrected chi connectivity index (χ1v) is 6.19. The molecule has 1 heterocycles. The molecule has 0 fully saturated rings. The lowest BCUT2D eigenvalue weighted by Crippen LogP contribution is -2.26. The first kappa shape index (κ1) is 14.5. The summed E-state index contributed by atoms with van der Waals surface area (Å²) in [6.07, 6.45) is 0. The van der Waals surface area contributed by atoms with Crippen molar-refractivity contribution in [2.24, 2.45) is 5.92 Å². The highest BCUT2D eigenvalue weighted by Gasteiger charge is 2.10. The monoisotopic (exact) mass is 263 g/mol. The Morgan fingerprint density at radius 3 is 2.80 bits per heavy atom. The molecule has 0 bridgehead atoms. The summed E-state index contributed by atoms with van der Waals surface area (Å²) in [6, 6.07) is 0. The third-order valence-electron chi connectivity index (χ3n) is 1.54. The molecule has 1 atom stereocenters. The Hall–Kier alpha value is -0.530. The zero-order valence-electron chi connectivity index (χ0n) is 8.81. The average Bonchev–Trinajstić information content (AvgIpc) is 2.59. The average molecular weight is 263 g/mol. The van der Waals surface area contributed by atoms with E-state index in [0.29, 0.717) is 10.1 Å². The summed E-state index contributed by atoms with van der Waals surface area (Å²) in [4.78, 5) is 11.2. The van der Waals surface area contributed by atoms with Crippen molar-refractivity contribution in [1.29, 1.82) is 0 Å². The SMILES string of the molecule is CNC(=O)C(C)CSc1nnc([S-])s1.[CH3+]. The summed E-state index contributed by atoms with van der Waals surface area (Å²) in [5.74, 6) is 0.715. The normalized spacial score (nSPS) is 11.6. The smallest absolute Gasteiger partial charge is 0.223 e. The maximum absolute atomic E-state index is 11.2. The standard InChI is InChI=1S/C7H11N3OS3.CH3/c1-4(5(11)8-2)3-13-7-10-9-6(12)14-7;/h4H,3H2,1-2H3,(H,8,11)(H,9,12);1H3/q;+1/p-1. The van der Waals surface area contributed by atoms with Gasteiger partial charge in [-0.25, -0.2) is 0 Å². The van der Waals surface area contributed by atoms with Gasteiger partial charge in [-0.05, 0) is 4.34 Å². The molecule has 1 rings (SSSR count). The number of carbonyl (C=O) groups is 1. The highest BCUT2D eigenvalue weighted by atomic mass is 32.2.